The molecule has 0 bridgehead atoms. The first kappa shape index (κ1) is 77.6. The highest BCUT2D eigenvalue weighted by molar-refractivity contribution is 7.22. The topological polar surface area (TPSA) is 308 Å². The van der Waals surface area contributed by atoms with Gasteiger partial charge in [0.15, 0.2) is 11.5 Å². The first-order valence-electron chi connectivity index (χ1n) is 34.7. The molecule has 0 N–H and O–H groups in total. The SMILES string of the molecule is CCOc1cc(-c2nc(-c3ccncc3)no2)ccc1OC.CCn1nc(C)cc1-c1nc(-c2ccc(C)c(OC)c2)no1.COc1cc(-c2noc(-c3cc4ccccc4s3)n2)ccc1C.COc1cc(-c2noc(-c3ccc(C#N)c(C)c3)n2)ccc1C.Cc1ccc(-c2nc(-c3ccncc3)no2)cc1C(F)(F)F. The van der Waals surface area contributed by atoms with Gasteiger partial charge in [0.05, 0.1) is 62.8 Å². The number of ether oxygens (including phenoxy) is 5. The highest BCUT2D eigenvalue weighted by atomic mass is 32.1. The molecule has 9 heterocycles. The van der Waals surface area contributed by atoms with Gasteiger partial charge in [-0.3, -0.25) is 14.6 Å². The smallest absolute Gasteiger partial charge is 0.416 e. The van der Waals surface area contributed by atoms with Crippen molar-refractivity contribution in [1.29, 1.82) is 5.26 Å². The summed E-state index contributed by atoms with van der Waals surface area (Å²) in [6.07, 6.45) is 2.09. The number of alkyl halides is 3. The zero-order chi connectivity index (χ0) is 79.0. The van der Waals surface area contributed by atoms with Gasteiger partial charge in [0, 0.05) is 80.5 Å². The number of halogens is 3. The summed E-state index contributed by atoms with van der Waals surface area (Å²) in [4.78, 5) is 30.8. The molecule has 0 unspecified atom stereocenters. The van der Waals surface area contributed by atoms with Crippen LogP contribution < -0.4 is 23.7 Å². The number of pyridine rings is 2. The van der Waals surface area contributed by atoms with Crippen LogP contribution in [0.4, 0.5) is 13.2 Å². The largest absolute Gasteiger partial charge is 0.496 e. The number of hydrogen-bond donors (Lipinski definition) is 0. The molecule has 566 valence electrons. The summed E-state index contributed by atoms with van der Waals surface area (Å²) in [5, 5.41) is 34.6. The van der Waals surface area contributed by atoms with Gasteiger partial charge in [0.1, 0.15) is 22.9 Å². The Bertz CT molecular complexity index is 5870. The van der Waals surface area contributed by atoms with Crippen molar-refractivity contribution in [1.82, 2.24) is 70.5 Å². The van der Waals surface area contributed by atoms with Gasteiger partial charge >= 0.3 is 6.18 Å². The van der Waals surface area contributed by atoms with Gasteiger partial charge in [-0.2, -0.15) is 48.5 Å². The third-order valence-electron chi connectivity index (χ3n) is 17.2. The summed E-state index contributed by atoms with van der Waals surface area (Å²) in [5.74, 6) is 8.03. The number of nitrogens with zero attached hydrogens (tertiary/aromatic N) is 15. The fourth-order valence-corrected chi connectivity index (χ4v) is 12.2. The van der Waals surface area contributed by atoms with E-state index in [0.29, 0.717) is 81.9 Å². The number of hydrogen-bond acceptors (Lipinski definition) is 25. The van der Waals surface area contributed by atoms with Crippen molar-refractivity contribution in [3.8, 4) is 148 Å². The van der Waals surface area contributed by atoms with Crippen LogP contribution in [0.3, 0.4) is 0 Å². The first-order valence-corrected chi connectivity index (χ1v) is 35.6. The van der Waals surface area contributed by atoms with E-state index in [0.717, 1.165) is 102 Å². The lowest BCUT2D eigenvalue weighted by Crippen LogP contribution is -2.07. The molecule has 9 aromatic heterocycles. The summed E-state index contributed by atoms with van der Waals surface area (Å²) in [6.45, 7) is 16.4. The van der Waals surface area contributed by atoms with Crippen LogP contribution in [0, 0.1) is 52.9 Å². The molecule has 0 radical (unpaired) electrons. The molecular formula is C83H72F3N15O10S. The van der Waals surface area contributed by atoms with Gasteiger partial charge in [-0.15, -0.1) is 11.3 Å². The third kappa shape index (κ3) is 18.4. The van der Waals surface area contributed by atoms with Gasteiger partial charge in [-0.1, -0.05) is 86.4 Å². The molecule has 25 nitrogen and oxygen atoms in total. The second kappa shape index (κ2) is 35.4. The molecule has 112 heavy (non-hydrogen) atoms. The zero-order valence-corrected chi connectivity index (χ0v) is 63.5. The fraction of sp³-hybridized carbons (Fsp3) is 0.181. The van der Waals surface area contributed by atoms with E-state index in [1.165, 1.54) is 29.1 Å². The minimum atomic E-state index is -4.42. The lowest BCUT2D eigenvalue weighted by molar-refractivity contribution is -0.138. The van der Waals surface area contributed by atoms with Gasteiger partial charge < -0.3 is 46.3 Å². The molecule has 0 spiro atoms. The lowest BCUT2D eigenvalue weighted by Gasteiger charge is -2.10. The zero-order valence-electron chi connectivity index (χ0n) is 62.7. The summed E-state index contributed by atoms with van der Waals surface area (Å²) in [6, 6.07) is 53.7. The van der Waals surface area contributed by atoms with Gasteiger partial charge in [0.25, 0.3) is 29.5 Å². The fourth-order valence-electron chi connectivity index (χ4n) is 11.2. The molecule has 0 aliphatic heterocycles. The van der Waals surface area contributed by atoms with Crippen LogP contribution in [-0.4, -0.2) is 105 Å². The minimum Gasteiger partial charge on any atom is -0.496 e. The molecular weight excluding hydrogens is 1460 g/mol. The van der Waals surface area contributed by atoms with Crippen molar-refractivity contribution in [2.24, 2.45) is 0 Å². The van der Waals surface area contributed by atoms with Gasteiger partial charge in [-0.25, -0.2) is 0 Å². The molecule has 0 fully saturated rings. The van der Waals surface area contributed by atoms with E-state index in [-0.39, 0.29) is 17.0 Å². The van der Waals surface area contributed by atoms with E-state index in [1.54, 1.807) is 88.8 Å². The van der Waals surface area contributed by atoms with Crippen LogP contribution in [0.5, 0.6) is 28.7 Å². The highest BCUT2D eigenvalue weighted by Crippen LogP contribution is 2.39. The third-order valence-corrected chi connectivity index (χ3v) is 18.3. The molecule has 0 saturated heterocycles. The number of benzene rings is 7. The maximum Gasteiger partial charge on any atom is 0.416 e. The second-order valence-corrected chi connectivity index (χ2v) is 25.8. The average molecular weight is 1530 g/mol. The molecule has 0 atom stereocenters. The van der Waals surface area contributed by atoms with Crippen LogP contribution >= 0.6 is 11.3 Å². The van der Waals surface area contributed by atoms with Crippen molar-refractivity contribution in [2.45, 2.75) is 68.1 Å². The Kier molecular flexibility index (Phi) is 24.5. The molecule has 0 amide bonds. The molecule has 0 aliphatic carbocycles. The Labute approximate surface area is 644 Å². The molecule has 16 aromatic rings. The minimum absolute atomic E-state index is 0.0392. The summed E-state index contributed by atoms with van der Waals surface area (Å²) in [5.41, 5.74) is 11.8. The van der Waals surface area contributed by atoms with Crippen LogP contribution in [0.2, 0.25) is 0 Å². The van der Waals surface area contributed by atoms with Gasteiger partial charge in [-0.05, 0) is 198 Å². The van der Waals surface area contributed by atoms with Crippen LogP contribution in [0.1, 0.15) is 58.5 Å². The normalized spacial score (nSPS) is 10.9. The van der Waals surface area contributed by atoms with E-state index in [4.69, 9.17) is 51.6 Å². The number of methoxy groups -OCH3 is 4. The van der Waals surface area contributed by atoms with Crippen molar-refractivity contribution in [3.05, 3.63) is 239 Å². The first-order chi connectivity index (χ1) is 54.2. The maximum absolute atomic E-state index is 12.9. The van der Waals surface area contributed by atoms with Crippen molar-refractivity contribution >= 4 is 21.4 Å². The Morgan fingerprint density at radius 1 is 0.420 bits per heavy atom. The average Bonchev–Trinajstić information content (AvgIpc) is 1.71. The Morgan fingerprint density at radius 3 is 1.31 bits per heavy atom. The van der Waals surface area contributed by atoms with Crippen LogP contribution in [0.15, 0.2) is 217 Å². The Balaban J connectivity index is 0.000000130. The predicted octanol–water partition coefficient (Wildman–Crippen LogP) is 19.4. The van der Waals surface area contributed by atoms with E-state index < -0.39 is 11.7 Å². The molecule has 0 saturated carbocycles. The predicted molar refractivity (Wildman–Crippen MR) is 414 cm³/mol. The summed E-state index contributed by atoms with van der Waals surface area (Å²) in [7, 11) is 6.54. The van der Waals surface area contributed by atoms with E-state index in [9.17, 15) is 13.2 Å². The number of fused-ring (bicyclic) bond motifs is 1. The number of nitriles is 1. The molecule has 0 aliphatic rings. The van der Waals surface area contributed by atoms with E-state index in [1.807, 2.05) is 162 Å². The quantitative estimate of drug-likeness (QED) is 0.0817. The summed E-state index contributed by atoms with van der Waals surface area (Å²) < 4.78 is 95.3. The number of rotatable bonds is 17. The van der Waals surface area contributed by atoms with Crippen LogP contribution in [0.25, 0.3) is 124 Å². The maximum atomic E-state index is 12.9. The number of thiophene rings is 1. The standard InChI is InChI=1S/C18H15N3O2.C18H14N2O2S.C16H18N4O2.C16H15N3O3.C15H10F3N3O/c1-11-4-5-13(9-16(11)22-3)17-20-18(23-21-17)14-6-7-15(10-19)12(2)8-14;1-11-7-8-13(9-14(11)21-2)17-19-18(22-20-17)16-10-12-5-3-4-6-15(12)23-16;1-5-20-13(8-11(3)18-20)16-17-15(19-22-16)12-7-6-10(2)14(9-12)21-4;1-3-21-14-10-12(4-5-13(14)20-2)16-18-15(19-22-16)11-6-8-17-9-7-11;1-9-2-3-11(8-12(9)15(16,17)18)14-20-13(21-22-14)10-4-6-19-7-5-10/h4-9H,1-3H3;3-10H,1-2H3;6-9H,5H2,1-4H3;4-10H,3H2,1-2H3;2-8H,1H3. The van der Waals surface area contributed by atoms with Crippen molar-refractivity contribution in [3.63, 3.8) is 0 Å². The molecule has 16 rings (SSSR count). The highest BCUT2D eigenvalue weighted by Gasteiger charge is 2.33. The number of aromatic nitrogens is 14. The Morgan fingerprint density at radius 2 is 0.839 bits per heavy atom. The Hall–Kier alpha value is -14.0. The van der Waals surface area contributed by atoms with Crippen molar-refractivity contribution < 1.29 is 59.5 Å². The molecule has 7 aromatic carbocycles. The second-order valence-electron chi connectivity index (χ2n) is 24.7. The summed E-state index contributed by atoms with van der Waals surface area (Å²) >= 11 is 1.65. The van der Waals surface area contributed by atoms with Crippen molar-refractivity contribution in [2.75, 3.05) is 35.0 Å². The van der Waals surface area contributed by atoms with E-state index >= 15 is 0 Å². The van der Waals surface area contributed by atoms with E-state index in [2.05, 4.69) is 90.0 Å². The monoisotopic (exact) mass is 1530 g/mol. The van der Waals surface area contributed by atoms with Crippen LogP contribution in [-0.2, 0) is 12.7 Å². The molecule has 29 heteroatoms. The number of aryl methyl sites for hydroxylation is 7. The van der Waals surface area contributed by atoms with Gasteiger partial charge in [0.2, 0.25) is 29.1 Å². The lowest BCUT2D eigenvalue weighted by atomic mass is 10.0.